The number of ether oxygens (including phenoxy) is 1. The standard InChI is InChI=1S/C31H44N4O5S.ClH/c1-4-14-35(23-25-12-15-33(16-13-25)31(37)34-17-19-40-20-18-34)24(2)21-26-6-5-7-28(22-26)32-30(36)27-8-10-29(11-9-27)41(3,38)39;/h5-11,22,24-25H,4,12-21,23H2,1-3H3,(H,32,36);1H. The van der Waals surface area contributed by atoms with E-state index in [0.29, 0.717) is 49.5 Å². The fourth-order valence-electron chi connectivity index (χ4n) is 5.67. The quantitative estimate of drug-likeness (QED) is 0.418. The third-order valence-electron chi connectivity index (χ3n) is 8.05. The van der Waals surface area contributed by atoms with Crippen LogP contribution in [-0.2, 0) is 21.0 Å². The Morgan fingerprint density at radius 2 is 1.67 bits per heavy atom. The minimum atomic E-state index is -3.31. The first kappa shape index (κ1) is 33.8. The molecule has 2 fully saturated rings. The van der Waals surface area contributed by atoms with Crippen molar-refractivity contribution >= 4 is 39.9 Å². The summed E-state index contributed by atoms with van der Waals surface area (Å²) in [6, 6.07) is 14.4. The maximum Gasteiger partial charge on any atom is 0.320 e. The molecule has 3 amide bonds. The summed E-state index contributed by atoms with van der Waals surface area (Å²) in [7, 11) is -3.31. The van der Waals surface area contributed by atoms with Gasteiger partial charge in [0.1, 0.15) is 0 Å². The number of nitrogens with zero attached hydrogens (tertiary/aromatic N) is 3. The van der Waals surface area contributed by atoms with Gasteiger partial charge in [0, 0.05) is 56.3 Å². The molecular weight excluding hydrogens is 576 g/mol. The van der Waals surface area contributed by atoms with Crippen molar-refractivity contribution in [3.8, 4) is 0 Å². The number of rotatable bonds is 10. The van der Waals surface area contributed by atoms with E-state index in [1.165, 1.54) is 24.3 Å². The summed E-state index contributed by atoms with van der Waals surface area (Å²) in [5, 5.41) is 2.94. The highest BCUT2D eigenvalue weighted by Gasteiger charge is 2.29. The van der Waals surface area contributed by atoms with Gasteiger partial charge in [-0.1, -0.05) is 19.1 Å². The van der Waals surface area contributed by atoms with Crippen LogP contribution in [0.2, 0.25) is 0 Å². The highest BCUT2D eigenvalue weighted by Crippen LogP contribution is 2.23. The van der Waals surface area contributed by atoms with Crippen LogP contribution in [0, 0.1) is 5.92 Å². The number of halogens is 1. The lowest BCUT2D eigenvalue weighted by Gasteiger charge is -2.39. The van der Waals surface area contributed by atoms with Crippen molar-refractivity contribution in [2.24, 2.45) is 5.92 Å². The molecule has 0 aromatic heterocycles. The second-order valence-corrected chi connectivity index (χ2v) is 13.3. The normalized spacial score (nSPS) is 17.0. The maximum absolute atomic E-state index is 12.9. The molecule has 0 saturated carbocycles. The first-order chi connectivity index (χ1) is 19.6. The molecule has 0 spiro atoms. The molecule has 1 atom stereocenters. The van der Waals surface area contributed by atoms with E-state index in [2.05, 4.69) is 30.1 Å². The molecule has 2 aliphatic heterocycles. The zero-order valence-corrected chi connectivity index (χ0v) is 26.6. The highest BCUT2D eigenvalue weighted by molar-refractivity contribution is 7.90. The molecule has 42 heavy (non-hydrogen) atoms. The lowest BCUT2D eigenvalue weighted by molar-refractivity contribution is 0.0386. The first-order valence-electron chi connectivity index (χ1n) is 14.7. The molecule has 2 saturated heterocycles. The molecule has 0 radical (unpaired) electrons. The molecule has 9 nitrogen and oxygen atoms in total. The molecule has 232 valence electrons. The number of amides is 3. The van der Waals surface area contributed by atoms with Crippen LogP contribution in [0.3, 0.4) is 0 Å². The van der Waals surface area contributed by atoms with Crippen molar-refractivity contribution in [1.82, 2.24) is 14.7 Å². The van der Waals surface area contributed by atoms with Gasteiger partial charge in [-0.25, -0.2) is 13.2 Å². The summed E-state index contributed by atoms with van der Waals surface area (Å²) >= 11 is 0. The van der Waals surface area contributed by atoms with Gasteiger partial charge in [-0.15, -0.1) is 12.4 Å². The van der Waals surface area contributed by atoms with E-state index < -0.39 is 9.84 Å². The Labute approximate surface area is 256 Å². The lowest BCUT2D eigenvalue weighted by atomic mass is 9.95. The van der Waals surface area contributed by atoms with E-state index in [-0.39, 0.29) is 29.2 Å². The summed E-state index contributed by atoms with van der Waals surface area (Å²) in [5.41, 5.74) is 2.27. The van der Waals surface area contributed by atoms with Crippen molar-refractivity contribution in [2.75, 3.05) is 64.1 Å². The lowest BCUT2D eigenvalue weighted by Crippen LogP contribution is -2.51. The number of likely N-dealkylation sites (tertiary alicyclic amines) is 1. The van der Waals surface area contributed by atoms with Gasteiger partial charge in [0.2, 0.25) is 0 Å². The van der Waals surface area contributed by atoms with Crippen molar-refractivity contribution in [3.05, 3.63) is 59.7 Å². The number of morpholine rings is 1. The molecule has 0 aliphatic carbocycles. The van der Waals surface area contributed by atoms with E-state index in [9.17, 15) is 18.0 Å². The van der Waals surface area contributed by atoms with Crippen LogP contribution >= 0.6 is 12.4 Å². The fourth-order valence-corrected chi connectivity index (χ4v) is 6.31. The summed E-state index contributed by atoms with van der Waals surface area (Å²) in [5.74, 6) is 0.291. The summed E-state index contributed by atoms with van der Waals surface area (Å²) < 4.78 is 28.8. The fraction of sp³-hybridized carbons (Fsp3) is 0.548. The molecule has 2 aliphatic rings. The van der Waals surface area contributed by atoms with Crippen molar-refractivity contribution in [3.63, 3.8) is 0 Å². The first-order valence-corrected chi connectivity index (χ1v) is 16.6. The van der Waals surface area contributed by atoms with Crippen LogP contribution in [-0.4, -0.2) is 99.8 Å². The van der Waals surface area contributed by atoms with E-state index in [1.807, 2.05) is 28.0 Å². The van der Waals surface area contributed by atoms with Gasteiger partial charge >= 0.3 is 6.03 Å². The Hall–Kier alpha value is -2.66. The van der Waals surface area contributed by atoms with Crippen LogP contribution in [0.15, 0.2) is 53.4 Å². The summed E-state index contributed by atoms with van der Waals surface area (Å²) in [6.07, 6.45) is 5.13. The number of urea groups is 1. The predicted molar refractivity (Wildman–Crippen MR) is 168 cm³/mol. The summed E-state index contributed by atoms with van der Waals surface area (Å²) in [4.78, 5) is 32.3. The Morgan fingerprint density at radius 3 is 2.29 bits per heavy atom. The van der Waals surface area contributed by atoms with Gasteiger partial charge in [0.15, 0.2) is 9.84 Å². The van der Waals surface area contributed by atoms with E-state index in [0.717, 1.165) is 63.7 Å². The molecule has 2 aromatic rings. The van der Waals surface area contributed by atoms with E-state index >= 15 is 0 Å². The molecular formula is C31H45ClN4O5S. The number of piperidine rings is 1. The zero-order valence-electron chi connectivity index (χ0n) is 25.0. The largest absolute Gasteiger partial charge is 0.378 e. The van der Waals surface area contributed by atoms with Crippen molar-refractivity contribution in [1.29, 1.82) is 0 Å². The van der Waals surface area contributed by atoms with Crippen molar-refractivity contribution < 1.29 is 22.7 Å². The molecule has 1 N–H and O–H groups in total. The van der Waals surface area contributed by atoms with Crippen LogP contribution in [0.5, 0.6) is 0 Å². The average molecular weight is 621 g/mol. The monoisotopic (exact) mass is 620 g/mol. The zero-order chi connectivity index (χ0) is 29.4. The topological polar surface area (TPSA) is 99.3 Å². The predicted octanol–water partition coefficient (Wildman–Crippen LogP) is 4.57. The molecule has 4 rings (SSSR count). The third-order valence-corrected chi connectivity index (χ3v) is 9.18. The number of hydrogen-bond donors (Lipinski definition) is 1. The molecule has 2 heterocycles. The Bertz CT molecular complexity index is 1280. The van der Waals surface area contributed by atoms with Crippen LogP contribution in [0.1, 0.15) is 49.0 Å². The highest BCUT2D eigenvalue weighted by atomic mass is 35.5. The number of carbonyl (C=O) groups excluding carboxylic acids is 2. The van der Waals surface area contributed by atoms with Gasteiger partial charge in [-0.2, -0.15) is 0 Å². The number of anilines is 1. The van der Waals surface area contributed by atoms with Gasteiger partial charge in [-0.3, -0.25) is 4.79 Å². The minimum absolute atomic E-state index is 0. The second kappa shape index (κ2) is 15.7. The Kier molecular flexibility index (Phi) is 12.7. The average Bonchev–Trinajstić information content (AvgIpc) is 2.97. The number of nitrogens with one attached hydrogen (secondary N) is 1. The van der Waals surface area contributed by atoms with Crippen LogP contribution < -0.4 is 5.32 Å². The number of carbonyl (C=O) groups is 2. The summed E-state index contributed by atoms with van der Waals surface area (Å²) in [6.45, 7) is 10.8. The van der Waals surface area contributed by atoms with Gasteiger partial charge in [0.25, 0.3) is 5.91 Å². The molecule has 2 aromatic carbocycles. The molecule has 11 heteroatoms. The smallest absolute Gasteiger partial charge is 0.320 e. The van der Waals surface area contributed by atoms with Crippen molar-refractivity contribution in [2.45, 2.75) is 50.5 Å². The Balaban J connectivity index is 0.00000484. The SMILES string of the molecule is CCCN(CC1CCN(C(=O)N2CCOCC2)CC1)C(C)Cc1cccc(NC(=O)c2ccc(S(C)(=O)=O)cc2)c1.Cl. The Morgan fingerprint density at radius 1 is 1.02 bits per heavy atom. The molecule has 0 bridgehead atoms. The number of benzene rings is 2. The second-order valence-electron chi connectivity index (χ2n) is 11.3. The van der Waals surface area contributed by atoms with Crippen LogP contribution in [0.4, 0.5) is 10.5 Å². The van der Waals surface area contributed by atoms with Crippen LogP contribution in [0.25, 0.3) is 0 Å². The van der Waals surface area contributed by atoms with E-state index in [4.69, 9.17) is 4.74 Å². The maximum atomic E-state index is 12.9. The third kappa shape index (κ3) is 9.42. The molecule has 1 unspecified atom stereocenters. The number of hydrogen-bond acceptors (Lipinski definition) is 6. The minimum Gasteiger partial charge on any atom is -0.378 e. The number of sulfone groups is 1. The van der Waals surface area contributed by atoms with Gasteiger partial charge in [0.05, 0.1) is 18.1 Å². The van der Waals surface area contributed by atoms with Gasteiger partial charge < -0.3 is 24.8 Å². The van der Waals surface area contributed by atoms with Gasteiger partial charge in [-0.05, 0) is 87.0 Å². The van der Waals surface area contributed by atoms with E-state index in [1.54, 1.807) is 0 Å².